The van der Waals surface area contributed by atoms with Crippen molar-refractivity contribution in [2.45, 2.75) is 10.1 Å². The molecule has 0 aliphatic carbocycles. The molecule has 1 N–H and O–H groups in total. The molecule has 6 nitrogen and oxygen atoms in total. The van der Waals surface area contributed by atoms with Gasteiger partial charge in [-0.15, -0.1) is 0 Å². The van der Waals surface area contributed by atoms with E-state index in [0.29, 0.717) is 15.9 Å². The van der Waals surface area contributed by atoms with Crippen molar-refractivity contribution >= 4 is 50.3 Å². The first-order valence-corrected chi connectivity index (χ1v) is 10.2. The fraction of sp³-hybridized carbons (Fsp3) is 0.125. The summed E-state index contributed by atoms with van der Waals surface area (Å²) < 4.78 is 25.9. The molecule has 9 heteroatoms. The standard InChI is InChI=1S/C16H12ClN3O3S2/c17-10-5-6-12-13(9-10)19-16(18-12)24-8-7-20-15(21)11-3-1-2-4-14(11)25(20,22)23/h1-6,9H,7-8H2,(H,18,19). The van der Waals surface area contributed by atoms with Crippen LogP contribution in [0.15, 0.2) is 52.5 Å². The molecule has 128 valence electrons. The molecular weight excluding hydrogens is 382 g/mol. The van der Waals surface area contributed by atoms with Crippen LogP contribution in [0.2, 0.25) is 5.02 Å². The molecule has 3 aromatic rings. The summed E-state index contributed by atoms with van der Waals surface area (Å²) in [5.41, 5.74) is 1.82. The van der Waals surface area contributed by atoms with Crippen molar-refractivity contribution in [2.75, 3.05) is 12.3 Å². The highest BCUT2D eigenvalue weighted by Crippen LogP contribution is 2.30. The summed E-state index contributed by atoms with van der Waals surface area (Å²) in [6, 6.07) is 11.6. The maximum atomic E-state index is 12.5. The van der Waals surface area contributed by atoms with E-state index in [0.717, 1.165) is 15.3 Å². The number of imidazole rings is 1. The summed E-state index contributed by atoms with van der Waals surface area (Å²) in [7, 11) is -3.76. The first kappa shape index (κ1) is 16.4. The van der Waals surface area contributed by atoms with Gasteiger partial charge in [-0.05, 0) is 30.3 Å². The molecule has 0 spiro atoms. The van der Waals surface area contributed by atoms with Crippen LogP contribution in [0.5, 0.6) is 0 Å². The number of benzene rings is 2. The first-order chi connectivity index (χ1) is 12.0. The number of nitrogens with one attached hydrogen (secondary N) is 1. The molecule has 0 unspecified atom stereocenters. The average molecular weight is 394 g/mol. The summed E-state index contributed by atoms with van der Waals surface area (Å²) >= 11 is 7.30. The van der Waals surface area contributed by atoms with E-state index in [9.17, 15) is 13.2 Å². The number of carbonyl (C=O) groups is 1. The van der Waals surface area contributed by atoms with E-state index in [1.165, 1.54) is 23.9 Å². The fourth-order valence-corrected chi connectivity index (χ4v) is 5.37. The molecule has 1 aliphatic rings. The third-order valence-electron chi connectivity index (χ3n) is 3.87. The number of fused-ring (bicyclic) bond motifs is 2. The number of halogens is 1. The number of carbonyl (C=O) groups excluding carboxylic acids is 1. The van der Waals surface area contributed by atoms with Crippen molar-refractivity contribution in [2.24, 2.45) is 0 Å². The summed E-state index contributed by atoms with van der Waals surface area (Å²) in [6.45, 7) is 0.0817. The smallest absolute Gasteiger partial charge is 0.269 e. The monoisotopic (exact) mass is 393 g/mol. The van der Waals surface area contributed by atoms with Gasteiger partial charge in [0.25, 0.3) is 15.9 Å². The van der Waals surface area contributed by atoms with Gasteiger partial charge in [0.15, 0.2) is 5.16 Å². The van der Waals surface area contributed by atoms with Gasteiger partial charge in [-0.25, -0.2) is 17.7 Å². The van der Waals surface area contributed by atoms with E-state index in [1.807, 2.05) is 6.07 Å². The summed E-state index contributed by atoms with van der Waals surface area (Å²) in [4.78, 5) is 19.9. The molecule has 2 aromatic carbocycles. The average Bonchev–Trinajstić information content (AvgIpc) is 3.07. The van der Waals surface area contributed by atoms with Gasteiger partial charge in [-0.2, -0.15) is 0 Å². The van der Waals surface area contributed by atoms with Crippen molar-refractivity contribution in [3.8, 4) is 0 Å². The van der Waals surface area contributed by atoms with Crippen LogP contribution in [0.3, 0.4) is 0 Å². The second-order valence-corrected chi connectivity index (χ2v) is 8.78. The summed E-state index contributed by atoms with van der Waals surface area (Å²) in [6.07, 6.45) is 0. The number of hydrogen-bond donors (Lipinski definition) is 1. The second-order valence-electron chi connectivity index (χ2n) is 5.43. The maximum Gasteiger partial charge on any atom is 0.269 e. The Morgan fingerprint density at radius 1 is 1.20 bits per heavy atom. The number of aromatic amines is 1. The highest BCUT2D eigenvalue weighted by Gasteiger charge is 2.40. The number of nitrogens with zero attached hydrogens (tertiary/aromatic N) is 2. The molecule has 0 fully saturated rings. The van der Waals surface area contributed by atoms with Crippen molar-refractivity contribution in [1.82, 2.24) is 14.3 Å². The molecule has 2 heterocycles. The molecule has 0 saturated carbocycles. The lowest BCUT2D eigenvalue weighted by molar-refractivity contribution is 0.0876. The molecule has 0 saturated heterocycles. The van der Waals surface area contributed by atoms with Gasteiger partial charge in [0.1, 0.15) is 4.90 Å². The Morgan fingerprint density at radius 3 is 2.80 bits per heavy atom. The van der Waals surface area contributed by atoms with Crippen LogP contribution >= 0.6 is 23.4 Å². The van der Waals surface area contributed by atoms with Crippen molar-refractivity contribution in [3.05, 3.63) is 53.1 Å². The zero-order chi connectivity index (χ0) is 17.6. The van der Waals surface area contributed by atoms with Gasteiger partial charge in [0.2, 0.25) is 0 Å². The van der Waals surface area contributed by atoms with E-state index in [-0.39, 0.29) is 17.0 Å². The number of sulfonamides is 1. The van der Waals surface area contributed by atoms with E-state index in [4.69, 9.17) is 11.6 Å². The van der Waals surface area contributed by atoms with Crippen molar-refractivity contribution in [1.29, 1.82) is 0 Å². The minimum atomic E-state index is -3.76. The van der Waals surface area contributed by atoms with Crippen molar-refractivity contribution < 1.29 is 13.2 Å². The van der Waals surface area contributed by atoms with Gasteiger partial charge in [-0.3, -0.25) is 4.79 Å². The van der Waals surface area contributed by atoms with Crippen LogP contribution in [0.4, 0.5) is 0 Å². The van der Waals surface area contributed by atoms with E-state index >= 15 is 0 Å². The SMILES string of the molecule is O=C1c2ccccc2S(=O)(=O)N1CCSc1nc2ccc(Cl)cc2[nH]1. The number of rotatable bonds is 4. The number of aromatic nitrogens is 2. The Bertz CT molecular complexity index is 1090. The fourth-order valence-electron chi connectivity index (χ4n) is 2.70. The molecule has 0 atom stereocenters. The van der Waals surface area contributed by atoms with Gasteiger partial charge in [0, 0.05) is 17.3 Å². The first-order valence-electron chi connectivity index (χ1n) is 7.41. The van der Waals surface area contributed by atoms with Gasteiger partial charge >= 0.3 is 0 Å². The van der Waals surface area contributed by atoms with Crippen LogP contribution in [0.1, 0.15) is 10.4 Å². The molecular formula is C16H12ClN3O3S2. The van der Waals surface area contributed by atoms with Gasteiger partial charge < -0.3 is 4.98 Å². The van der Waals surface area contributed by atoms with Gasteiger partial charge in [-0.1, -0.05) is 35.5 Å². The van der Waals surface area contributed by atoms with E-state index < -0.39 is 15.9 Å². The Labute approximate surface area is 153 Å². The Balaban J connectivity index is 1.49. The minimum Gasteiger partial charge on any atom is -0.333 e. The predicted octanol–water partition coefficient (Wildman–Crippen LogP) is 3.15. The highest BCUT2D eigenvalue weighted by atomic mass is 35.5. The number of thioether (sulfide) groups is 1. The van der Waals surface area contributed by atoms with Crippen LogP contribution in [-0.2, 0) is 10.0 Å². The highest BCUT2D eigenvalue weighted by molar-refractivity contribution is 7.99. The quantitative estimate of drug-likeness (QED) is 0.688. The van der Waals surface area contributed by atoms with Gasteiger partial charge in [0.05, 0.1) is 16.6 Å². The molecule has 4 rings (SSSR count). The van der Waals surface area contributed by atoms with Crippen LogP contribution in [0.25, 0.3) is 11.0 Å². The van der Waals surface area contributed by atoms with E-state index in [1.54, 1.807) is 24.3 Å². The lowest BCUT2D eigenvalue weighted by Gasteiger charge is -2.14. The third-order valence-corrected chi connectivity index (χ3v) is 6.80. The van der Waals surface area contributed by atoms with Crippen LogP contribution < -0.4 is 0 Å². The summed E-state index contributed by atoms with van der Waals surface area (Å²) in [5, 5.41) is 1.26. The molecule has 1 aromatic heterocycles. The molecule has 1 amide bonds. The molecule has 0 radical (unpaired) electrons. The summed E-state index contributed by atoms with van der Waals surface area (Å²) in [5.74, 6) is -0.0837. The second kappa shape index (κ2) is 6.05. The third kappa shape index (κ3) is 2.80. The lowest BCUT2D eigenvalue weighted by Crippen LogP contribution is -2.32. The Hall–Kier alpha value is -2.03. The van der Waals surface area contributed by atoms with E-state index in [2.05, 4.69) is 9.97 Å². The minimum absolute atomic E-state index is 0.0726. The number of H-pyrrole nitrogens is 1. The predicted molar refractivity (Wildman–Crippen MR) is 96.5 cm³/mol. The Morgan fingerprint density at radius 2 is 2.00 bits per heavy atom. The number of hydrogen-bond acceptors (Lipinski definition) is 5. The van der Waals surface area contributed by atoms with Crippen LogP contribution in [-0.4, -0.2) is 40.9 Å². The lowest BCUT2D eigenvalue weighted by atomic mass is 10.2. The zero-order valence-corrected chi connectivity index (χ0v) is 15.2. The zero-order valence-electron chi connectivity index (χ0n) is 12.8. The topological polar surface area (TPSA) is 83.1 Å². The Kier molecular flexibility index (Phi) is 3.98. The van der Waals surface area contributed by atoms with Crippen LogP contribution in [0, 0.1) is 0 Å². The molecule has 1 aliphatic heterocycles. The maximum absolute atomic E-state index is 12.5. The number of amides is 1. The normalized spacial score (nSPS) is 15.7. The molecule has 0 bridgehead atoms. The molecule has 25 heavy (non-hydrogen) atoms. The largest absolute Gasteiger partial charge is 0.333 e. The van der Waals surface area contributed by atoms with Crippen molar-refractivity contribution in [3.63, 3.8) is 0 Å².